The molecule has 2 unspecified atom stereocenters. The molecule has 2 nitrogen and oxygen atoms in total. The van der Waals surface area contributed by atoms with E-state index < -0.39 is 0 Å². The van der Waals surface area contributed by atoms with Crippen molar-refractivity contribution in [3.8, 4) is 0 Å². The number of hydrogen-bond donors (Lipinski definition) is 1. The maximum Gasteiger partial charge on any atom is 0.251 e. The molecule has 1 aliphatic rings. The first kappa shape index (κ1) is 13.9. The van der Waals surface area contributed by atoms with Crippen LogP contribution in [0.15, 0.2) is 28.7 Å². The minimum Gasteiger partial charge on any atom is -0.349 e. The normalized spacial score (nSPS) is 23.7. The Labute approximate surface area is 121 Å². The molecule has 1 aliphatic carbocycles. The van der Waals surface area contributed by atoms with E-state index in [1.165, 1.54) is 12.8 Å². The number of hydrogen-bond acceptors (Lipinski definition) is 1. The molecular formula is C14H17BrClNO. The number of carbonyl (C=O) groups excluding carboxylic acids is 1. The molecule has 0 aromatic heterocycles. The SMILES string of the molecule is O=C(NC1CCCCC1CCl)c1ccc(Br)cc1. The molecule has 2 rings (SSSR count). The summed E-state index contributed by atoms with van der Waals surface area (Å²) in [5.74, 6) is 1.05. The van der Waals surface area contributed by atoms with Gasteiger partial charge in [0.15, 0.2) is 0 Å². The fraction of sp³-hybridized carbons (Fsp3) is 0.500. The third-order valence-corrected chi connectivity index (χ3v) is 4.46. The Balaban J connectivity index is 1.99. The maximum absolute atomic E-state index is 12.1. The molecule has 0 heterocycles. The lowest BCUT2D eigenvalue weighted by atomic mass is 9.85. The molecule has 2 atom stereocenters. The van der Waals surface area contributed by atoms with Crippen LogP contribution in [-0.2, 0) is 0 Å². The molecule has 1 N–H and O–H groups in total. The number of carbonyl (C=O) groups is 1. The van der Waals surface area contributed by atoms with Crippen LogP contribution in [0.2, 0.25) is 0 Å². The van der Waals surface area contributed by atoms with Crippen LogP contribution in [0.5, 0.6) is 0 Å². The number of rotatable bonds is 3. The summed E-state index contributed by atoms with van der Waals surface area (Å²) >= 11 is 9.33. The van der Waals surface area contributed by atoms with Crippen LogP contribution in [0, 0.1) is 5.92 Å². The molecule has 1 amide bonds. The predicted molar refractivity (Wildman–Crippen MR) is 78.1 cm³/mol. The van der Waals surface area contributed by atoms with E-state index in [2.05, 4.69) is 21.2 Å². The van der Waals surface area contributed by atoms with Crippen LogP contribution in [0.3, 0.4) is 0 Å². The van der Waals surface area contributed by atoms with Gasteiger partial charge in [-0.05, 0) is 43.0 Å². The minimum atomic E-state index is 0.00418. The van der Waals surface area contributed by atoms with Crippen molar-refractivity contribution in [3.05, 3.63) is 34.3 Å². The van der Waals surface area contributed by atoms with Gasteiger partial charge in [-0.25, -0.2) is 0 Å². The summed E-state index contributed by atoms with van der Waals surface area (Å²) in [5.41, 5.74) is 0.706. The number of nitrogens with one attached hydrogen (secondary N) is 1. The lowest BCUT2D eigenvalue weighted by Crippen LogP contribution is -2.42. The molecule has 1 fully saturated rings. The summed E-state index contributed by atoms with van der Waals surface area (Å²) in [7, 11) is 0. The monoisotopic (exact) mass is 329 g/mol. The van der Waals surface area contributed by atoms with E-state index in [-0.39, 0.29) is 11.9 Å². The number of benzene rings is 1. The zero-order valence-electron chi connectivity index (χ0n) is 10.2. The molecule has 18 heavy (non-hydrogen) atoms. The highest BCUT2D eigenvalue weighted by Gasteiger charge is 2.25. The molecule has 0 aliphatic heterocycles. The highest BCUT2D eigenvalue weighted by Crippen LogP contribution is 2.25. The summed E-state index contributed by atoms with van der Waals surface area (Å²) in [4.78, 5) is 12.1. The fourth-order valence-corrected chi connectivity index (χ4v) is 3.07. The third-order valence-electron chi connectivity index (χ3n) is 3.53. The maximum atomic E-state index is 12.1. The fourth-order valence-electron chi connectivity index (χ4n) is 2.44. The van der Waals surface area contributed by atoms with Crippen molar-refractivity contribution < 1.29 is 4.79 Å². The molecular weight excluding hydrogens is 314 g/mol. The molecule has 4 heteroatoms. The second kappa shape index (κ2) is 6.58. The van der Waals surface area contributed by atoms with Gasteiger partial charge in [-0.3, -0.25) is 4.79 Å². The zero-order chi connectivity index (χ0) is 13.0. The van der Waals surface area contributed by atoms with E-state index in [9.17, 15) is 4.79 Å². The first-order valence-electron chi connectivity index (χ1n) is 6.33. The highest BCUT2D eigenvalue weighted by atomic mass is 79.9. The van der Waals surface area contributed by atoms with Crippen molar-refractivity contribution in [1.82, 2.24) is 5.32 Å². The van der Waals surface area contributed by atoms with Crippen molar-refractivity contribution in [1.29, 1.82) is 0 Å². The van der Waals surface area contributed by atoms with Crippen LogP contribution in [0.1, 0.15) is 36.0 Å². The first-order valence-corrected chi connectivity index (χ1v) is 7.66. The van der Waals surface area contributed by atoms with Gasteiger partial charge in [0.05, 0.1) is 0 Å². The zero-order valence-corrected chi connectivity index (χ0v) is 12.5. The molecule has 1 saturated carbocycles. The van der Waals surface area contributed by atoms with Gasteiger partial charge in [0.1, 0.15) is 0 Å². The molecule has 0 spiro atoms. The van der Waals surface area contributed by atoms with Crippen LogP contribution >= 0.6 is 27.5 Å². The smallest absolute Gasteiger partial charge is 0.251 e. The van der Waals surface area contributed by atoms with Crippen molar-refractivity contribution >= 4 is 33.4 Å². The Kier molecular flexibility index (Phi) is 5.07. The van der Waals surface area contributed by atoms with E-state index >= 15 is 0 Å². The van der Waals surface area contributed by atoms with E-state index in [0.29, 0.717) is 17.4 Å². The van der Waals surface area contributed by atoms with Crippen LogP contribution in [-0.4, -0.2) is 17.8 Å². The highest BCUT2D eigenvalue weighted by molar-refractivity contribution is 9.10. The van der Waals surface area contributed by atoms with Gasteiger partial charge in [0.2, 0.25) is 0 Å². The first-order chi connectivity index (χ1) is 8.70. The quantitative estimate of drug-likeness (QED) is 0.835. The second-order valence-corrected chi connectivity index (χ2v) is 6.01. The van der Waals surface area contributed by atoms with E-state index in [1.54, 1.807) is 0 Å². The van der Waals surface area contributed by atoms with Gasteiger partial charge < -0.3 is 5.32 Å². The van der Waals surface area contributed by atoms with Crippen LogP contribution in [0.4, 0.5) is 0 Å². The van der Waals surface area contributed by atoms with Gasteiger partial charge in [0, 0.05) is 22.0 Å². The molecule has 0 saturated heterocycles. The lowest BCUT2D eigenvalue weighted by Gasteiger charge is -2.30. The molecule has 1 aromatic rings. The molecule has 0 bridgehead atoms. The van der Waals surface area contributed by atoms with E-state index in [0.717, 1.165) is 17.3 Å². The number of halogens is 2. The van der Waals surface area contributed by atoms with Gasteiger partial charge in [-0.15, -0.1) is 11.6 Å². The van der Waals surface area contributed by atoms with Crippen molar-refractivity contribution in [2.75, 3.05) is 5.88 Å². The van der Waals surface area contributed by atoms with E-state index in [1.807, 2.05) is 24.3 Å². The van der Waals surface area contributed by atoms with Crippen molar-refractivity contribution in [2.24, 2.45) is 5.92 Å². The Morgan fingerprint density at radius 2 is 1.94 bits per heavy atom. The average Bonchev–Trinajstić information content (AvgIpc) is 2.40. The molecule has 0 radical (unpaired) electrons. The van der Waals surface area contributed by atoms with Gasteiger partial charge in [0.25, 0.3) is 5.91 Å². The van der Waals surface area contributed by atoms with Gasteiger partial charge in [-0.1, -0.05) is 28.8 Å². The Morgan fingerprint density at radius 3 is 2.61 bits per heavy atom. The Morgan fingerprint density at radius 1 is 1.28 bits per heavy atom. The summed E-state index contributed by atoms with van der Waals surface area (Å²) < 4.78 is 0.982. The van der Waals surface area contributed by atoms with Crippen LogP contribution in [0.25, 0.3) is 0 Å². The average molecular weight is 331 g/mol. The molecule has 1 aromatic carbocycles. The lowest BCUT2D eigenvalue weighted by molar-refractivity contribution is 0.0911. The topological polar surface area (TPSA) is 29.1 Å². The number of alkyl halides is 1. The summed E-state index contributed by atoms with van der Waals surface area (Å²) in [5, 5.41) is 3.12. The van der Waals surface area contributed by atoms with Crippen LogP contribution < -0.4 is 5.32 Å². The summed E-state index contributed by atoms with van der Waals surface area (Å²) in [6.07, 6.45) is 4.56. The summed E-state index contributed by atoms with van der Waals surface area (Å²) in [6, 6.07) is 7.66. The van der Waals surface area contributed by atoms with Gasteiger partial charge >= 0.3 is 0 Å². The number of amides is 1. The third kappa shape index (κ3) is 3.48. The second-order valence-electron chi connectivity index (χ2n) is 4.79. The predicted octanol–water partition coefficient (Wildman–Crippen LogP) is 3.98. The summed E-state index contributed by atoms with van der Waals surface area (Å²) in [6.45, 7) is 0. The van der Waals surface area contributed by atoms with E-state index in [4.69, 9.17) is 11.6 Å². The van der Waals surface area contributed by atoms with Crippen molar-refractivity contribution in [3.63, 3.8) is 0 Å². The van der Waals surface area contributed by atoms with Gasteiger partial charge in [-0.2, -0.15) is 0 Å². The Bertz CT molecular complexity index is 407. The largest absolute Gasteiger partial charge is 0.349 e. The Hall–Kier alpha value is -0.540. The molecule has 98 valence electrons. The van der Waals surface area contributed by atoms with Crippen molar-refractivity contribution in [2.45, 2.75) is 31.7 Å². The standard InChI is InChI=1S/C14H17BrClNO/c15-12-7-5-10(6-8-12)14(18)17-13-4-2-1-3-11(13)9-16/h5-8,11,13H,1-4,9H2,(H,17,18). The minimum absolute atomic E-state index is 0.00418.